The standard InChI is InChI=1S/C41H57N3O10/c1-23(2)32-41(51)54-34(25(5)6)37(47)43(10)31(22-28-17-19-29(45)20-18-28)40(50)52-33(24(3)4)36(46)42(9)30(21-27-15-13-12-14-16-27)39(49)53-35(26(7)8)38(48)44(32)11/h12-20,23-26,30-35,45H,21-22H2,1-11H3/t30-,31-,32-,33+,34+,35+/m0/s1. The van der Waals surface area contributed by atoms with Crippen molar-refractivity contribution in [3.63, 3.8) is 0 Å². The van der Waals surface area contributed by atoms with E-state index in [-0.39, 0.29) is 18.6 Å². The third-order valence-electron chi connectivity index (χ3n) is 9.73. The number of carbonyl (C=O) groups is 6. The SMILES string of the molecule is CC(C)[C@H]1C(=O)O[C@H](C(C)C)C(=O)N(C)[C@@H](Cc2ccc(O)cc2)C(=O)O[C@H](C(C)C)C(=O)N(C)[C@@H](Cc2ccccc2)C(=O)O[C@H](C(C)C)C(=O)N1C. The highest BCUT2D eigenvalue weighted by molar-refractivity contribution is 5.94. The van der Waals surface area contributed by atoms with Crippen LogP contribution in [-0.2, 0) is 55.8 Å². The van der Waals surface area contributed by atoms with Gasteiger partial charge >= 0.3 is 17.9 Å². The average Bonchev–Trinajstić information content (AvgIpc) is 3.11. The monoisotopic (exact) mass is 751 g/mol. The molecule has 3 amide bonds. The highest BCUT2D eigenvalue weighted by Gasteiger charge is 2.44. The number of hydrogen-bond donors (Lipinski definition) is 1. The molecule has 1 N–H and O–H groups in total. The molecule has 0 aromatic heterocycles. The van der Waals surface area contributed by atoms with E-state index in [0.717, 1.165) is 4.90 Å². The zero-order valence-electron chi connectivity index (χ0n) is 33.3. The molecule has 296 valence electrons. The van der Waals surface area contributed by atoms with Crippen molar-refractivity contribution in [1.82, 2.24) is 14.7 Å². The van der Waals surface area contributed by atoms with E-state index in [0.29, 0.717) is 11.1 Å². The van der Waals surface area contributed by atoms with Crippen LogP contribution in [0.25, 0.3) is 0 Å². The van der Waals surface area contributed by atoms with Crippen molar-refractivity contribution in [2.24, 2.45) is 23.7 Å². The minimum Gasteiger partial charge on any atom is -0.508 e. The number of esters is 3. The van der Waals surface area contributed by atoms with Crippen LogP contribution in [0, 0.1) is 23.7 Å². The van der Waals surface area contributed by atoms with E-state index in [4.69, 9.17) is 14.2 Å². The second kappa shape index (κ2) is 18.9. The summed E-state index contributed by atoms with van der Waals surface area (Å²) in [6, 6.07) is 11.3. The summed E-state index contributed by atoms with van der Waals surface area (Å²) in [5, 5.41) is 9.88. The molecule has 0 saturated carbocycles. The van der Waals surface area contributed by atoms with Crippen LogP contribution in [0.1, 0.15) is 66.5 Å². The molecule has 3 rings (SSSR count). The summed E-state index contributed by atoms with van der Waals surface area (Å²) >= 11 is 0. The molecule has 2 aromatic rings. The number of ether oxygens (including phenoxy) is 3. The van der Waals surface area contributed by atoms with Crippen LogP contribution >= 0.6 is 0 Å². The first kappa shape index (κ1) is 43.5. The molecule has 1 aliphatic rings. The van der Waals surface area contributed by atoms with Gasteiger partial charge in [0.25, 0.3) is 17.7 Å². The lowest BCUT2D eigenvalue weighted by atomic mass is 9.98. The van der Waals surface area contributed by atoms with Crippen LogP contribution in [-0.4, -0.2) is 113 Å². The number of phenols is 1. The molecule has 1 fully saturated rings. The van der Waals surface area contributed by atoms with E-state index in [1.165, 1.54) is 43.1 Å². The first-order valence-electron chi connectivity index (χ1n) is 18.5. The van der Waals surface area contributed by atoms with Gasteiger partial charge in [-0.25, -0.2) is 14.4 Å². The number of benzene rings is 2. The van der Waals surface area contributed by atoms with Gasteiger partial charge in [0.2, 0.25) is 0 Å². The Hall–Kier alpha value is -4.94. The Bertz CT molecular complexity index is 1630. The Morgan fingerprint density at radius 1 is 0.500 bits per heavy atom. The first-order valence-corrected chi connectivity index (χ1v) is 18.5. The molecular formula is C41H57N3O10. The van der Waals surface area contributed by atoms with Gasteiger partial charge in [-0.3, -0.25) is 14.4 Å². The lowest BCUT2D eigenvalue weighted by Gasteiger charge is -2.37. The largest absolute Gasteiger partial charge is 0.508 e. The molecule has 0 aliphatic carbocycles. The van der Waals surface area contributed by atoms with Crippen LogP contribution in [0.15, 0.2) is 54.6 Å². The van der Waals surface area contributed by atoms with Gasteiger partial charge in [-0.05, 0) is 46.9 Å². The van der Waals surface area contributed by atoms with E-state index in [1.54, 1.807) is 91.8 Å². The minimum absolute atomic E-state index is 0.00205. The second-order valence-corrected chi connectivity index (χ2v) is 15.4. The molecule has 1 heterocycles. The van der Waals surface area contributed by atoms with Crippen LogP contribution in [0.3, 0.4) is 0 Å². The lowest BCUT2D eigenvalue weighted by Crippen LogP contribution is -2.57. The normalized spacial score (nSPS) is 24.5. The first-order chi connectivity index (χ1) is 25.3. The summed E-state index contributed by atoms with van der Waals surface area (Å²) in [6.07, 6.45) is -4.15. The number of cyclic esters (lactones) is 3. The Labute approximate surface area is 318 Å². The van der Waals surface area contributed by atoms with Crippen molar-refractivity contribution in [2.75, 3.05) is 21.1 Å². The fourth-order valence-corrected chi connectivity index (χ4v) is 6.39. The number of carbonyl (C=O) groups excluding carboxylic acids is 6. The van der Waals surface area contributed by atoms with E-state index < -0.39 is 95.7 Å². The summed E-state index contributed by atoms with van der Waals surface area (Å²) in [5.74, 6) is -6.80. The summed E-state index contributed by atoms with van der Waals surface area (Å²) in [6.45, 7) is 13.6. The summed E-state index contributed by atoms with van der Waals surface area (Å²) in [5.41, 5.74) is 1.28. The number of nitrogens with zero attached hydrogens (tertiary/aromatic N) is 3. The fourth-order valence-electron chi connectivity index (χ4n) is 6.39. The molecule has 54 heavy (non-hydrogen) atoms. The van der Waals surface area contributed by atoms with Crippen LogP contribution in [0.4, 0.5) is 0 Å². The topological polar surface area (TPSA) is 160 Å². The third kappa shape index (κ3) is 10.6. The van der Waals surface area contributed by atoms with Crippen LogP contribution < -0.4 is 0 Å². The van der Waals surface area contributed by atoms with Gasteiger partial charge in [0.05, 0.1) is 0 Å². The Morgan fingerprint density at radius 3 is 1.22 bits per heavy atom. The van der Waals surface area contributed by atoms with Gasteiger partial charge in [-0.15, -0.1) is 0 Å². The molecule has 0 radical (unpaired) electrons. The number of phenolic OH excluding ortho intramolecular Hbond substituents is 1. The molecule has 0 unspecified atom stereocenters. The van der Waals surface area contributed by atoms with Crippen molar-refractivity contribution in [3.8, 4) is 5.75 Å². The molecule has 1 saturated heterocycles. The van der Waals surface area contributed by atoms with E-state index in [9.17, 15) is 33.9 Å². The van der Waals surface area contributed by atoms with E-state index in [1.807, 2.05) is 6.07 Å². The van der Waals surface area contributed by atoms with Gasteiger partial charge in [0.15, 0.2) is 18.3 Å². The number of aromatic hydroxyl groups is 1. The highest BCUT2D eigenvalue weighted by Crippen LogP contribution is 2.25. The Balaban J connectivity index is 2.24. The van der Waals surface area contributed by atoms with Gasteiger partial charge in [0.1, 0.15) is 23.9 Å². The Morgan fingerprint density at radius 2 is 0.852 bits per heavy atom. The molecule has 13 heteroatoms. The highest BCUT2D eigenvalue weighted by atomic mass is 16.6. The van der Waals surface area contributed by atoms with E-state index in [2.05, 4.69) is 0 Å². The molecular weight excluding hydrogens is 694 g/mol. The van der Waals surface area contributed by atoms with Crippen molar-refractivity contribution >= 4 is 35.6 Å². The molecule has 13 nitrogen and oxygen atoms in total. The maximum Gasteiger partial charge on any atom is 0.329 e. The van der Waals surface area contributed by atoms with Crippen molar-refractivity contribution in [2.45, 2.75) is 105 Å². The maximum absolute atomic E-state index is 14.3. The smallest absolute Gasteiger partial charge is 0.329 e. The summed E-state index contributed by atoms with van der Waals surface area (Å²) in [4.78, 5) is 88.7. The second-order valence-electron chi connectivity index (χ2n) is 15.4. The van der Waals surface area contributed by atoms with Crippen LogP contribution in [0.2, 0.25) is 0 Å². The number of hydrogen-bond acceptors (Lipinski definition) is 10. The van der Waals surface area contributed by atoms with Gasteiger partial charge in [-0.1, -0.05) is 97.9 Å². The summed E-state index contributed by atoms with van der Waals surface area (Å²) in [7, 11) is 4.23. The molecule has 0 bridgehead atoms. The molecule has 0 spiro atoms. The maximum atomic E-state index is 14.3. The van der Waals surface area contributed by atoms with Crippen molar-refractivity contribution in [1.29, 1.82) is 0 Å². The lowest BCUT2D eigenvalue weighted by molar-refractivity contribution is -0.180. The fraction of sp³-hybridized carbons (Fsp3) is 0.561. The number of likely N-dealkylation sites (N-methyl/N-ethyl adjacent to an activating group) is 3. The zero-order chi connectivity index (χ0) is 40.6. The van der Waals surface area contributed by atoms with Gasteiger partial charge in [-0.2, -0.15) is 0 Å². The average molecular weight is 752 g/mol. The van der Waals surface area contributed by atoms with Crippen LogP contribution in [0.5, 0.6) is 5.75 Å². The van der Waals surface area contributed by atoms with Crippen molar-refractivity contribution < 1.29 is 48.1 Å². The number of amides is 3. The minimum atomic E-state index is -1.39. The molecule has 2 aromatic carbocycles. The van der Waals surface area contributed by atoms with Gasteiger partial charge in [0, 0.05) is 34.0 Å². The number of rotatable bonds is 8. The third-order valence-corrected chi connectivity index (χ3v) is 9.73. The molecule has 6 atom stereocenters. The quantitative estimate of drug-likeness (QED) is 0.308. The molecule has 1 aliphatic heterocycles. The summed E-state index contributed by atoms with van der Waals surface area (Å²) < 4.78 is 17.8. The predicted octanol–water partition coefficient (Wildman–Crippen LogP) is 4.03. The van der Waals surface area contributed by atoms with E-state index >= 15 is 0 Å². The van der Waals surface area contributed by atoms with Gasteiger partial charge < -0.3 is 34.0 Å². The zero-order valence-corrected chi connectivity index (χ0v) is 33.3. The predicted molar refractivity (Wildman–Crippen MR) is 201 cm³/mol. The Kier molecular flexibility index (Phi) is 15.2. The van der Waals surface area contributed by atoms with Crippen molar-refractivity contribution in [3.05, 3.63) is 65.7 Å².